The molecule has 19 heavy (non-hydrogen) atoms. The molecule has 0 unspecified atom stereocenters. The van der Waals surface area contributed by atoms with Crippen molar-refractivity contribution in [1.82, 2.24) is 5.43 Å². The van der Waals surface area contributed by atoms with Gasteiger partial charge in [0.05, 0.1) is 12.8 Å². The van der Waals surface area contributed by atoms with E-state index in [1.54, 1.807) is 18.9 Å². The quantitative estimate of drug-likeness (QED) is 0.860. The highest BCUT2D eigenvalue weighted by Crippen LogP contribution is 2.28. The van der Waals surface area contributed by atoms with Crippen LogP contribution in [0.2, 0.25) is 0 Å². The summed E-state index contributed by atoms with van der Waals surface area (Å²) >= 11 is 1.65. The number of amides is 1. The maximum atomic E-state index is 11.0. The number of allylic oxidation sites excluding steroid dienone is 1. The van der Waals surface area contributed by atoms with E-state index in [-0.39, 0.29) is 5.91 Å². The van der Waals surface area contributed by atoms with Crippen molar-refractivity contribution in [3.05, 3.63) is 29.8 Å². The number of thioether (sulfide) groups is 1. The molecular formula is C14H16N2O2S. The van der Waals surface area contributed by atoms with Crippen LogP contribution < -0.4 is 10.2 Å². The average Bonchev–Trinajstić information content (AvgIpc) is 2.46. The van der Waals surface area contributed by atoms with E-state index in [2.05, 4.69) is 16.6 Å². The van der Waals surface area contributed by atoms with Gasteiger partial charge in [-0.15, -0.1) is 11.8 Å². The molecule has 2 rings (SSSR count). The van der Waals surface area contributed by atoms with Crippen molar-refractivity contribution < 1.29 is 9.53 Å². The third kappa shape index (κ3) is 3.61. The lowest BCUT2D eigenvalue weighted by molar-refractivity contribution is -0.121. The Balaban J connectivity index is 2.13. The van der Waals surface area contributed by atoms with E-state index in [0.717, 1.165) is 21.9 Å². The number of nitrogens with one attached hydrogen (secondary N) is 1. The second-order valence-corrected chi connectivity index (χ2v) is 4.93. The SMILES string of the molecule is COc1ccc(C=CC2=NNC(=O)CC2)cc1SC. The topological polar surface area (TPSA) is 50.7 Å². The zero-order valence-corrected chi connectivity index (χ0v) is 11.8. The first-order valence-corrected chi connectivity index (χ1v) is 7.21. The summed E-state index contributed by atoms with van der Waals surface area (Å²) in [7, 11) is 1.67. The molecule has 0 aromatic heterocycles. The molecule has 1 aliphatic heterocycles. The molecule has 0 spiro atoms. The first-order valence-electron chi connectivity index (χ1n) is 5.98. The number of rotatable bonds is 4. The van der Waals surface area contributed by atoms with E-state index in [0.29, 0.717) is 12.8 Å². The van der Waals surface area contributed by atoms with Crippen molar-refractivity contribution >= 4 is 29.5 Å². The summed E-state index contributed by atoms with van der Waals surface area (Å²) in [6.07, 6.45) is 7.14. The van der Waals surface area contributed by atoms with Crippen molar-refractivity contribution in [1.29, 1.82) is 0 Å². The first kappa shape index (κ1) is 13.7. The molecule has 100 valence electrons. The third-order valence-electron chi connectivity index (χ3n) is 2.81. The zero-order valence-electron chi connectivity index (χ0n) is 11.0. The number of carbonyl (C=O) groups is 1. The van der Waals surface area contributed by atoms with Gasteiger partial charge in [0.2, 0.25) is 5.91 Å². The van der Waals surface area contributed by atoms with Crippen molar-refractivity contribution in [2.45, 2.75) is 17.7 Å². The van der Waals surface area contributed by atoms with Gasteiger partial charge in [-0.25, -0.2) is 5.43 Å². The van der Waals surface area contributed by atoms with Crippen LogP contribution in [0.3, 0.4) is 0 Å². The van der Waals surface area contributed by atoms with Crippen LogP contribution in [0.15, 0.2) is 34.3 Å². The summed E-state index contributed by atoms with van der Waals surface area (Å²) in [5.74, 6) is 0.859. The highest BCUT2D eigenvalue weighted by Gasteiger charge is 2.08. The van der Waals surface area contributed by atoms with Crippen LogP contribution in [0.5, 0.6) is 5.75 Å². The molecule has 0 saturated carbocycles. The Kier molecular flexibility index (Phi) is 4.63. The molecule has 5 heteroatoms. The Bertz CT molecular complexity index is 538. The van der Waals surface area contributed by atoms with Crippen LogP contribution in [0.1, 0.15) is 18.4 Å². The molecule has 1 aliphatic rings. The maximum Gasteiger partial charge on any atom is 0.240 e. The van der Waals surface area contributed by atoms with Crippen LogP contribution in [0.25, 0.3) is 6.08 Å². The number of hydrogen-bond donors (Lipinski definition) is 1. The van der Waals surface area contributed by atoms with E-state index < -0.39 is 0 Å². The largest absolute Gasteiger partial charge is 0.496 e. The smallest absolute Gasteiger partial charge is 0.240 e. The van der Waals surface area contributed by atoms with Crippen LogP contribution in [-0.2, 0) is 4.79 Å². The molecule has 0 atom stereocenters. The minimum atomic E-state index is -0.0220. The first-order chi connectivity index (χ1) is 9.22. The summed E-state index contributed by atoms with van der Waals surface area (Å²) in [5, 5.41) is 4.00. The second kappa shape index (κ2) is 6.43. The fraction of sp³-hybridized carbons (Fsp3) is 0.286. The van der Waals surface area contributed by atoms with Crippen molar-refractivity contribution in [2.24, 2.45) is 5.10 Å². The van der Waals surface area contributed by atoms with Gasteiger partial charge in [-0.2, -0.15) is 5.10 Å². The number of methoxy groups -OCH3 is 1. The Morgan fingerprint density at radius 1 is 1.37 bits per heavy atom. The predicted octanol–water partition coefficient (Wildman–Crippen LogP) is 2.70. The minimum Gasteiger partial charge on any atom is -0.496 e. The van der Waals surface area contributed by atoms with Crippen LogP contribution in [0.4, 0.5) is 0 Å². The van der Waals surface area contributed by atoms with Gasteiger partial charge in [0.15, 0.2) is 0 Å². The molecule has 0 radical (unpaired) electrons. The third-order valence-corrected chi connectivity index (χ3v) is 3.57. The number of carbonyl (C=O) groups excluding carboxylic acids is 1. The zero-order chi connectivity index (χ0) is 13.7. The fourth-order valence-electron chi connectivity index (χ4n) is 1.76. The summed E-state index contributed by atoms with van der Waals surface area (Å²) in [6, 6.07) is 6.02. The van der Waals surface area contributed by atoms with Crippen LogP contribution in [-0.4, -0.2) is 25.0 Å². The molecular weight excluding hydrogens is 260 g/mol. The molecule has 1 heterocycles. The molecule has 0 saturated heterocycles. The number of hydrogen-bond acceptors (Lipinski definition) is 4. The van der Waals surface area contributed by atoms with Crippen molar-refractivity contribution in [3.63, 3.8) is 0 Å². The van der Waals surface area contributed by atoms with E-state index in [4.69, 9.17) is 4.74 Å². The monoisotopic (exact) mass is 276 g/mol. The van der Waals surface area contributed by atoms with Crippen molar-refractivity contribution in [2.75, 3.05) is 13.4 Å². The summed E-state index contributed by atoms with van der Waals surface area (Å²) in [5.41, 5.74) is 4.46. The molecule has 1 amide bonds. The van der Waals surface area contributed by atoms with E-state index in [9.17, 15) is 4.79 Å². The van der Waals surface area contributed by atoms with Crippen LogP contribution >= 0.6 is 11.8 Å². The summed E-state index contributed by atoms with van der Waals surface area (Å²) in [6.45, 7) is 0. The number of benzene rings is 1. The van der Waals surface area contributed by atoms with Gasteiger partial charge in [-0.3, -0.25) is 4.79 Å². The summed E-state index contributed by atoms with van der Waals surface area (Å²) in [4.78, 5) is 12.1. The van der Waals surface area contributed by atoms with Gasteiger partial charge >= 0.3 is 0 Å². The number of hydrazone groups is 1. The highest BCUT2D eigenvalue weighted by molar-refractivity contribution is 7.98. The Morgan fingerprint density at radius 2 is 2.21 bits per heavy atom. The van der Waals surface area contributed by atoms with Gasteiger partial charge in [0.1, 0.15) is 5.75 Å². The standard InChI is InChI=1S/C14H16N2O2S/c1-18-12-7-4-10(9-13(12)19-2)3-5-11-6-8-14(17)16-15-11/h3-5,7,9H,6,8H2,1-2H3,(H,16,17). The lowest BCUT2D eigenvalue weighted by atomic mass is 10.1. The van der Waals surface area contributed by atoms with E-state index in [1.165, 1.54) is 0 Å². The molecule has 1 aromatic carbocycles. The second-order valence-electron chi connectivity index (χ2n) is 4.09. The Hall–Kier alpha value is -1.75. The van der Waals surface area contributed by atoms with Gasteiger partial charge in [-0.1, -0.05) is 12.1 Å². The summed E-state index contributed by atoms with van der Waals surface area (Å²) < 4.78 is 5.28. The fourth-order valence-corrected chi connectivity index (χ4v) is 2.36. The van der Waals surface area contributed by atoms with Gasteiger partial charge in [0, 0.05) is 17.7 Å². The van der Waals surface area contributed by atoms with Gasteiger partial charge < -0.3 is 4.74 Å². The normalized spacial score (nSPS) is 15.3. The maximum absolute atomic E-state index is 11.0. The van der Waals surface area contributed by atoms with Crippen molar-refractivity contribution in [3.8, 4) is 5.75 Å². The Labute approximate surface area is 116 Å². The van der Waals surface area contributed by atoms with Crippen LogP contribution in [0, 0.1) is 0 Å². The molecule has 0 bridgehead atoms. The molecule has 1 aromatic rings. The lowest BCUT2D eigenvalue weighted by Gasteiger charge is -2.09. The van der Waals surface area contributed by atoms with Gasteiger partial charge in [0.25, 0.3) is 0 Å². The van der Waals surface area contributed by atoms with Gasteiger partial charge in [-0.05, 0) is 30.0 Å². The average molecular weight is 276 g/mol. The highest BCUT2D eigenvalue weighted by atomic mass is 32.2. The van der Waals surface area contributed by atoms with E-state index >= 15 is 0 Å². The molecule has 4 nitrogen and oxygen atoms in total. The lowest BCUT2D eigenvalue weighted by Crippen LogP contribution is -2.24. The molecule has 1 N–H and O–H groups in total. The van der Waals surface area contributed by atoms with E-state index in [1.807, 2.05) is 30.5 Å². The minimum absolute atomic E-state index is 0.0220. The molecule has 0 fully saturated rings. The predicted molar refractivity (Wildman–Crippen MR) is 78.6 cm³/mol. The molecule has 0 aliphatic carbocycles. The Morgan fingerprint density at radius 3 is 2.84 bits per heavy atom. The number of nitrogens with zero attached hydrogens (tertiary/aromatic N) is 1. The number of ether oxygens (including phenoxy) is 1.